The molecule has 0 bridgehead atoms. The van der Waals surface area contributed by atoms with Crippen molar-refractivity contribution in [3.63, 3.8) is 0 Å². The molecular formula is C14H18ClNOS. The van der Waals surface area contributed by atoms with E-state index in [0.717, 1.165) is 18.6 Å². The number of rotatable bonds is 5. The Morgan fingerprint density at radius 1 is 1.39 bits per heavy atom. The van der Waals surface area contributed by atoms with Gasteiger partial charge >= 0.3 is 0 Å². The zero-order valence-electron chi connectivity index (χ0n) is 10.3. The zero-order valence-corrected chi connectivity index (χ0v) is 11.9. The Hall–Kier alpha value is -0.670. The van der Waals surface area contributed by atoms with Crippen LogP contribution in [0.1, 0.15) is 18.4 Å². The van der Waals surface area contributed by atoms with Crippen LogP contribution in [-0.4, -0.2) is 34.2 Å². The molecule has 1 aromatic carbocycles. The summed E-state index contributed by atoms with van der Waals surface area (Å²) in [5.41, 5.74) is 1.17. The van der Waals surface area contributed by atoms with Crippen molar-refractivity contribution < 1.29 is 4.79 Å². The van der Waals surface area contributed by atoms with E-state index in [1.54, 1.807) is 11.8 Å². The molecule has 1 heterocycles. The van der Waals surface area contributed by atoms with Gasteiger partial charge in [0, 0.05) is 19.0 Å². The van der Waals surface area contributed by atoms with Gasteiger partial charge in [0.2, 0.25) is 5.91 Å². The van der Waals surface area contributed by atoms with Gasteiger partial charge in [-0.3, -0.25) is 4.79 Å². The summed E-state index contributed by atoms with van der Waals surface area (Å²) in [7, 11) is 0. The molecule has 1 aliphatic rings. The van der Waals surface area contributed by atoms with E-state index in [9.17, 15) is 4.79 Å². The molecule has 0 N–H and O–H groups in total. The van der Waals surface area contributed by atoms with Gasteiger partial charge in [0.25, 0.3) is 0 Å². The van der Waals surface area contributed by atoms with Gasteiger partial charge in [0.15, 0.2) is 0 Å². The molecule has 2 rings (SSSR count). The molecule has 0 aromatic heterocycles. The first-order valence-electron chi connectivity index (χ1n) is 6.31. The lowest BCUT2D eigenvalue weighted by atomic mass is 10.2. The lowest BCUT2D eigenvalue weighted by Gasteiger charge is -2.24. The molecule has 1 fully saturated rings. The van der Waals surface area contributed by atoms with E-state index in [1.165, 1.54) is 5.56 Å². The number of halogens is 1. The van der Waals surface area contributed by atoms with Crippen molar-refractivity contribution in [2.75, 3.05) is 18.2 Å². The second-order valence-corrected chi connectivity index (χ2v) is 6.12. The Bertz CT molecular complexity index is 379. The van der Waals surface area contributed by atoms with Gasteiger partial charge in [-0.1, -0.05) is 30.3 Å². The average molecular weight is 284 g/mol. The van der Waals surface area contributed by atoms with Crippen LogP contribution in [0.25, 0.3) is 0 Å². The number of nitrogens with zero attached hydrogens (tertiary/aromatic N) is 1. The highest BCUT2D eigenvalue weighted by molar-refractivity contribution is 8.00. The lowest BCUT2D eigenvalue weighted by Crippen LogP contribution is -2.37. The van der Waals surface area contributed by atoms with Crippen molar-refractivity contribution in [3.05, 3.63) is 35.9 Å². The van der Waals surface area contributed by atoms with E-state index < -0.39 is 0 Å². The average Bonchev–Trinajstić information content (AvgIpc) is 2.92. The molecule has 0 saturated carbocycles. The summed E-state index contributed by atoms with van der Waals surface area (Å²) in [6.07, 6.45) is 2.16. The van der Waals surface area contributed by atoms with E-state index in [4.69, 9.17) is 11.6 Å². The topological polar surface area (TPSA) is 20.3 Å². The fourth-order valence-electron chi connectivity index (χ4n) is 2.15. The molecule has 98 valence electrons. The quantitative estimate of drug-likeness (QED) is 0.774. The number of carbonyl (C=O) groups excluding carboxylic acids is 1. The molecule has 1 amide bonds. The SMILES string of the molecule is O=C(C1CCCS1)N(CCCl)Cc1ccccc1. The van der Waals surface area contributed by atoms with Crippen LogP contribution < -0.4 is 0 Å². The summed E-state index contributed by atoms with van der Waals surface area (Å²) in [5, 5.41) is 0.150. The maximum atomic E-state index is 12.4. The predicted octanol–water partition coefficient (Wildman–Crippen LogP) is 3.15. The second kappa shape index (κ2) is 7.05. The van der Waals surface area contributed by atoms with Crippen LogP contribution in [0.4, 0.5) is 0 Å². The molecule has 0 radical (unpaired) electrons. The van der Waals surface area contributed by atoms with E-state index in [0.29, 0.717) is 19.0 Å². The number of hydrogen-bond donors (Lipinski definition) is 0. The normalized spacial score (nSPS) is 18.8. The number of carbonyl (C=O) groups is 1. The van der Waals surface area contributed by atoms with Crippen LogP contribution in [0.3, 0.4) is 0 Å². The summed E-state index contributed by atoms with van der Waals surface area (Å²) in [5.74, 6) is 1.86. The molecule has 0 spiro atoms. The number of thioether (sulfide) groups is 1. The minimum absolute atomic E-state index is 0.150. The Morgan fingerprint density at radius 3 is 2.78 bits per heavy atom. The van der Waals surface area contributed by atoms with Crippen molar-refractivity contribution in [3.8, 4) is 0 Å². The monoisotopic (exact) mass is 283 g/mol. The highest BCUT2D eigenvalue weighted by Crippen LogP contribution is 2.28. The minimum Gasteiger partial charge on any atom is -0.336 e. The Labute approximate surface area is 118 Å². The van der Waals surface area contributed by atoms with Crippen molar-refractivity contribution in [1.82, 2.24) is 4.90 Å². The first kappa shape index (κ1) is 13.8. The predicted molar refractivity (Wildman–Crippen MR) is 78.1 cm³/mol. The summed E-state index contributed by atoms with van der Waals surface area (Å²) >= 11 is 7.59. The smallest absolute Gasteiger partial charge is 0.236 e. The molecule has 18 heavy (non-hydrogen) atoms. The fraction of sp³-hybridized carbons (Fsp3) is 0.500. The fourth-order valence-corrected chi connectivity index (χ4v) is 3.60. The summed E-state index contributed by atoms with van der Waals surface area (Å²) < 4.78 is 0. The molecular weight excluding hydrogens is 266 g/mol. The molecule has 2 nitrogen and oxygen atoms in total. The van der Waals surface area contributed by atoms with Gasteiger partial charge in [0.05, 0.1) is 5.25 Å². The van der Waals surface area contributed by atoms with Gasteiger partial charge in [-0.25, -0.2) is 0 Å². The van der Waals surface area contributed by atoms with Crippen LogP contribution >= 0.6 is 23.4 Å². The molecule has 1 aromatic rings. The van der Waals surface area contributed by atoms with Crippen molar-refractivity contribution >= 4 is 29.3 Å². The minimum atomic E-state index is 0.150. The number of benzene rings is 1. The number of alkyl halides is 1. The van der Waals surface area contributed by atoms with Crippen LogP contribution in [-0.2, 0) is 11.3 Å². The third kappa shape index (κ3) is 3.66. The zero-order chi connectivity index (χ0) is 12.8. The summed E-state index contributed by atoms with van der Waals surface area (Å²) in [6.45, 7) is 1.30. The Morgan fingerprint density at radius 2 is 2.17 bits per heavy atom. The van der Waals surface area contributed by atoms with Gasteiger partial charge in [0.1, 0.15) is 0 Å². The van der Waals surface area contributed by atoms with E-state index in [2.05, 4.69) is 12.1 Å². The molecule has 1 saturated heterocycles. The summed E-state index contributed by atoms with van der Waals surface area (Å²) in [6, 6.07) is 10.1. The van der Waals surface area contributed by atoms with E-state index >= 15 is 0 Å². The first-order valence-corrected chi connectivity index (χ1v) is 7.90. The Balaban J connectivity index is 2.00. The van der Waals surface area contributed by atoms with E-state index in [1.807, 2.05) is 23.1 Å². The Kier molecular flexibility index (Phi) is 5.39. The molecule has 0 aliphatic carbocycles. The van der Waals surface area contributed by atoms with Gasteiger partial charge in [-0.2, -0.15) is 0 Å². The second-order valence-electron chi connectivity index (χ2n) is 4.44. The first-order chi connectivity index (χ1) is 8.81. The molecule has 1 aliphatic heterocycles. The van der Waals surface area contributed by atoms with Crippen molar-refractivity contribution in [1.29, 1.82) is 0 Å². The molecule has 1 atom stereocenters. The number of amides is 1. The van der Waals surface area contributed by atoms with Crippen LogP contribution in [0.15, 0.2) is 30.3 Å². The van der Waals surface area contributed by atoms with E-state index in [-0.39, 0.29) is 11.2 Å². The highest BCUT2D eigenvalue weighted by Gasteiger charge is 2.27. The maximum absolute atomic E-state index is 12.4. The van der Waals surface area contributed by atoms with Gasteiger partial charge < -0.3 is 4.90 Å². The standard InChI is InChI=1S/C14H18ClNOS/c15-8-9-16(11-12-5-2-1-3-6-12)14(17)13-7-4-10-18-13/h1-3,5-6,13H,4,7-11H2. The van der Waals surface area contributed by atoms with Crippen LogP contribution in [0.2, 0.25) is 0 Å². The molecule has 4 heteroatoms. The van der Waals surface area contributed by atoms with Gasteiger partial charge in [-0.05, 0) is 24.2 Å². The summed E-state index contributed by atoms with van der Waals surface area (Å²) in [4.78, 5) is 14.3. The van der Waals surface area contributed by atoms with Crippen LogP contribution in [0, 0.1) is 0 Å². The lowest BCUT2D eigenvalue weighted by molar-refractivity contribution is -0.131. The van der Waals surface area contributed by atoms with Crippen LogP contribution in [0.5, 0.6) is 0 Å². The van der Waals surface area contributed by atoms with Gasteiger partial charge in [-0.15, -0.1) is 23.4 Å². The van der Waals surface area contributed by atoms with Crippen molar-refractivity contribution in [2.24, 2.45) is 0 Å². The number of hydrogen-bond acceptors (Lipinski definition) is 2. The van der Waals surface area contributed by atoms with Crippen molar-refractivity contribution in [2.45, 2.75) is 24.6 Å². The highest BCUT2D eigenvalue weighted by atomic mass is 35.5. The maximum Gasteiger partial charge on any atom is 0.236 e. The third-order valence-corrected chi connectivity index (χ3v) is 4.62. The molecule has 1 unspecified atom stereocenters. The largest absolute Gasteiger partial charge is 0.336 e. The third-order valence-electron chi connectivity index (χ3n) is 3.09.